The van der Waals surface area contributed by atoms with Crippen molar-refractivity contribution in [3.05, 3.63) is 35.5 Å². The predicted octanol–water partition coefficient (Wildman–Crippen LogP) is 8.45. The zero-order valence-corrected chi connectivity index (χ0v) is 26.5. The lowest BCUT2D eigenvalue weighted by atomic mass is 10.0. The Labute approximate surface area is 203 Å². The first kappa shape index (κ1) is 29.8. The SMILES string of the molecule is C=C/C=C(/CO[Si](C)(C)C(C)(C)C)C1=C(CO[Si](C)(C)C(C)(C)C)CCC1O[Si](C)(C)C. The van der Waals surface area contributed by atoms with Crippen LogP contribution < -0.4 is 0 Å². The fraction of sp³-hybridized carbons (Fsp3) is 0.769. The third-order valence-corrected chi connectivity index (χ3v) is 17.3. The molecule has 0 saturated heterocycles. The van der Waals surface area contributed by atoms with Crippen LogP contribution in [0.1, 0.15) is 54.4 Å². The fourth-order valence-corrected chi connectivity index (χ4v) is 6.26. The second-order valence-electron chi connectivity index (χ2n) is 13.3. The summed E-state index contributed by atoms with van der Waals surface area (Å²) in [5.41, 5.74) is 3.94. The molecule has 0 radical (unpaired) electrons. The van der Waals surface area contributed by atoms with Crippen LogP contribution in [0.15, 0.2) is 35.5 Å². The van der Waals surface area contributed by atoms with Crippen LogP contribution in [-0.2, 0) is 13.3 Å². The third kappa shape index (κ3) is 8.20. The summed E-state index contributed by atoms with van der Waals surface area (Å²) >= 11 is 0. The van der Waals surface area contributed by atoms with Gasteiger partial charge in [-0.1, -0.05) is 60.3 Å². The van der Waals surface area contributed by atoms with E-state index in [1.165, 1.54) is 16.7 Å². The maximum absolute atomic E-state index is 6.68. The summed E-state index contributed by atoms with van der Waals surface area (Å²) < 4.78 is 20.0. The van der Waals surface area contributed by atoms with Crippen molar-refractivity contribution < 1.29 is 13.3 Å². The lowest BCUT2D eigenvalue weighted by Crippen LogP contribution is -2.42. The lowest BCUT2D eigenvalue weighted by molar-refractivity contribution is 0.228. The summed E-state index contributed by atoms with van der Waals surface area (Å²) in [6.07, 6.45) is 6.24. The molecule has 32 heavy (non-hydrogen) atoms. The summed E-state index contributed by atoms with van der Waals surface area (Å²) in [7, 11) is -5.39. The molecule has 0 fully saturated rings. The summed E-state index contributed by atoms with van der Waals surface area (Å²) in [5, 5.41) is 0.380. The van der Waals surface area contributed by atoms with Gasteiger partial charge in [-0.25, -0.2) is 0 Å². The Kier molecular flexibility index (Phi) is 9.83. The van der Waals surface area contributed by atoms with Gasteiger partial charge in [-0.05, 0) is 85.5 Å². The summed E-state index contributed by atoms with van der Waals surface area (Å²) in [6, 6.07) is 0. The molecule has 6 heteroatoms. The normalized spacial score (nSPS) is 19.7. The van der Waals surface area contributed by atoms with Crippen molar-refractivity contribution in [2.45, 2.75) is 116 Å². The van der Waals surface area contributed by atoms with Crippen LogP contribution in [0.4, 0.5) is 0 Å². The molecule has 0 heterocycles. The zero-order chi connectivity index (χ0) is 25.2. The minimum atomic E-state index is -1.87. The lowest BCUT2D eigenvalue weighted by Gasteiger charge is -2.37. The maximum atomic E-state index is 6.68. The molecule has 0 aromatic rings. The van der Waals surface area contributed by atoms with Crippen molar-refractivity contribution in [1.29, 1.82) is 0 Å². The van der Waals surface area contributed by atoms with E-state index in [0.717, 1.165) is 12.8 Å². The second-order valence-corrected chi connectivity index (χ2v) is 27.4. The molecule has 0 saturated carbocycles. The van der Waals surface area contributed by atoms with E-state index in [9.17, 15) is 0 Å². The van der Waals surface area contributed by atoms with E-state index in [2.05, 4.69) is 100 Å². The summed E-state index contributed by atoms with van der Waals surface area (Å²) in [6.45, 7) is 35.2. The van der Waals surface area contributed by atoms with E-state index in [1.807, 2.05) is 6.08 Å². The Morgan fingerprint density at radius 3 is 1.84 bits per heavy atom. The van der Waals surface area contributed by atoms with Crippen LogP contribution in [0.5, 0.6) is 0 Å². The smallest absolute Gasteiger partial charge is 0.192 e. The van der Waals surface area contributed by atoms with Crippen LogP contribution >= 0.6 is 0 Å². The molecule has 1 aliphatic rings. The van der Waals surface area contributed by atoms with Crippen LogP contribution in [0.3, 0.4) is 0 Å². The third-order valence-electron chi connectivity index (χ3n) is 7.38. The van der Waals surface area contributed by atoms with E-state index in [4.69, 9.17) is 13.3 Å². The van der Waals surface area contributed by atoms with Gasteiger partial charge in [-0.15, -0.1) is 0 Å². The highest BCUT2D eigenvalue weighted by Crippen LogP contribution is 2.41. The molecule has 1 unspecified atom stereocenters. The van der Waals surface area contributed by atoms with Crippen LogP contribution in [-0.4, -0.2) is 44.3 Å². The highest BCUT2D eigenvalue weighted by Gasteiger charge is 2.40. The molecule has 3 nitrogen and oxygen atoms in total. The minimum Gasteiger partial charge on any atom is -0.413 e. The standard InChI is InChI=1S/C26H52O3Si3/c1-15-16-21(19-27-31(11,12)25(2,3)4)24-22(17-18-23(24)29-30(8,9)10)20-28-32(13,14)26(5,6)7/h15-16,23H,1,17-20H2,2-14H3/b21-16-. The Morgan fingerprint density at radius 1 is 0.906 bits per heavy atom. The number of allylic oxidation sites excluding steroid dienone is 2. The average Bonchev–Trinajstić information content (AvgIpc) is 2.95. The topological polar surface area (TPSA) is 27.7 Å². The van der Waals surface area contributed by atoms with E-state index < -0.39 is 25.0 Å². The van der Waals surface area contributed by atoms with E-state index >= 15 is 0 Å². The van der Waals surface area contributed by atoms with Gasteiger partial charge in [0.05, 0.1) is 19.3 Å². The zero-order valence-electron chi connectivity index (χ0n) is 23.5. The Bertz CT molecular complexity index is 714. The van der Waals surface area contributed by atoms with Crippen LogP contribution in [0.2, 0.25) is 55.9 Å². The first-order chi connectivity index (χ1) is 14.2. The monoisotopic (exact) mass is 496 g/mol. The molecule has 1 rings (SSSR count). The largest absolute Gasteiger partial charge is 0.413 e. The predicted molar refractivity (Wildman–Crippen MR) is 149 cm³/mol. The number of rotatable bonds is 10. The van der Waals surface area contributed by atoms with E-state index in [1.54, 1.807) is 0 Å². The van der Waals surface area contributed by atoms with Crippen molar-refractivity contribution in [2.24, 2.45) is 0 Å². The summed E-state index contributed by atoms with van der Waals surface area (Å²) in [5.74, 6) is 0. The van der Waals surface area contributed by atoms with Gasteiger partial charge in [0.25, 0.3) is 0 Å². The van der Waals surface area contributed by atoms with Crippen molar-refractivity contribution in [1.82, 2.24) is 0 Å². The average molecular weight is 497 g/mol. The Balaban J connectivity index is 3.32. The van der Waals surface area contributed by atoms with Gasteiger partial charge in [-0.2, -0.15) is 0 Å². The van der Waals surface area contributed by atoms with Gasteiger partial charge in [0, 0.05) is 0 Å². The minimum absolute atomic E-state index is 0.133. The Hall–Kier alpha value is -0.249. The molecular formula is C26H52O3Si3. The van der Waals surface area contributed by atoms with Gasteiger partial charge in [-0.3, -0.25) is 0 Å². The van der Waals surface area contributed by atoms with E-state index in [-0.39, 0.29) is 16.2 Å². The molecule has 0 N–H and O–H groups in total. The van der Waals surface area contributed by atoms with Crippen LogP contribution in [0, 0.1) is 0 Å². The van der Waals surface area contributed by atoms with Crippen molar-refractivity contribution in [3.8, 4) is 0 Å². The quantitative estimate of drug-likeness (QED) is 0.224. The molecule has 0 amide bonds. The van der Waals surface area contributed by atoms with Gasteiger partial charge in [0.2, 0.25) is 0 Å². The molecule has 1 atom stereocenters. The van der Waals surface area contributed by atoms with E-state index in [0.29, 0.717) is 13.2 Å². The highest BCUT2D eigenvalue weighted by molar-refractivity contribution is 6.74. The second kappa shape index (κ2) is 10.6. The van der Waals surface area contributed by atoms with Crippen molar-refractivity contribution in [3.63, 3.8) is 0 Å². The van der Waals surface area contributed by atoms with Gasteiger partial charge >= 0.3 is 0 Å². The molecule has 0 aliphatic heterocycles. The highest BCUT2D eigenvalue weighted by atomic mass is 28.4. The van der Waals surface area contributed by atoms with Gasteiger partial charge in [0.15, 0.2) is 25.0 Å². The fourth-order valence-electron chi connectivity index (χ4n) is 3.26. The van der Waals surface area contributed by atoms with Crippen molar-refractivity contribution in [2.75, 3.05) is 13.2 Å². The molecule has 0 aromatic carbocycles. The summed E-state index contributed by atoms with van der Waals surface area (Å²) in [4.78, 5) is 0. The Morgan fingerprint density at radius 2 is 1.41 bits per heavy atom. The number of hydrogen-bond donors (Lipinski definition) is 0. The molecule has 0 spiro atoms. The van der Waals surface area contributed by atoms with Gasteiger partial charge < -0.3 is 13.3 Å². The molecule has 186 valence electrons. The first-order valence-corrected chi connectivity index (χ1v) is 21.4. The molecule has 0 aromatic heterocycles. The first-order valence-electron chi connectivity index (χ1n) is 12.2. The molecular weight excluding hydrogens is 445 g/mol. The van der Waals surface area contributed by atoms with Crippen LogP contribution in [0.25, 0.3) is 0 Å². The molecule has 1 aliphatic carbocycles. The number of hydrogen-bond acceptors (Lipinski definition) is 3. The van der Waals surface area contributed by atoms with Crippen molar-refractivity contribution >= 4 is 25.0 Å². The maximum Gasteiger partial charge on any atom is 0.192 e. The molecule has 0 bridgehead atoms. The van der Waals surface area contributed by atoms with Gasteiger partial charge in [0.1, 0.15) is 0 Å².